The molecule has 0 unspecified atom stereocenters. The van der Waals surface area contributed by atoms with Gasteiger partial charge in [-0.2, -0.15) is 13.2 Å². The molecule has 2 nitrogen and oxygen atoms in total. The van der Waals surface area contributed by atoms with Crippen LogP contribution in [0.25, 0.3) is 0 Å². The lowest BCUT2D eigenvalue weighted by atomic mass is 10.1. The van der Waals surface area contributed by atoms with Gasteiger partial charge in [0.25, 0.3) is 0 Å². The minimum atomic E-state index is -4.38. The Balaban J connectivity index is 3.02. The van der Waals surface area contributed by atoms with Crippen molar-refractivity contribution in [2.75, 3.05) is 13.7 Å². The number of halogens is 3. The molecule has 0 bridgehead atoms. The molecule has 16 heavy (non-hydrogen) atoms. The Morgan fingerprint density at radius 3 is 2.50 bits per heavy atom. The molecule has 0 aliphatic heterocycles. The van der Waals surface area contributed by atoms with Crippen molar-refractivity contribution in [3.8, 4) is 5.75 Å². The molecule has 0 saturated carbocycles. The van der Waals surface area contributed by atoms with Gasteiger partial charge in [-0.1, -0.05) is 13.0 Å². The van der Waals surface area contributed by atoms with Crippen LogP contribution in [-0.4, -0.2) is 13.7 Å². The van der Waals surface area contributed by atoms with Crippen LogP contribution in [0.2, 0.25) is 0 Å². The normalized spacial score (nSPS) is 11.6. The molecule has 0 aromatic heterocycles. The van der Waals surface area contributed by atoms with E-state index in [1.165, 1.54) is 13.2 Å². The van der Waals surface area contributed by atoms with Crippen molar-refractivity contribution >= 4 is 0 Å². The maximum absolute atomic E-state index is 12.6. The number of alkyl halides is 3. The zero-order valence-corrected chi connectivity index (χ0v) is 9.19. The quantitative estimate of drug-likeness (QED) is 0.863. The first-order valence-electron chi connectivity index (χ1n) is 4.94. The van der Waals surface area contributed by atoms with E-state index >= 15 is 0 Å². The van der Waals surface area contributed by atoms with Crippen molar-refractivity contribution in [3.05, 3.63) is 29.3 Å². The van der Waals surface area contributed by atoms with Gasteiger partial charge in [0.05, 0.1) is 12.7 Å². The smallest absolute Gasteiger partial charge is 0.419 e. The van der Waals surface area contributed by atoms with E-state index in [0.717, 1.165) is 6.07 Å². The highest BCUT2D eigenvalue weighted by molar-refractivity contribution is 5.39. The maximum Gasteiger partial charge on any atom is 0.419 e. The fourth-order valence-electron chi connectivity index (χ4n) is 1.36. The van der Waals surface area contributed by atoms with Gasteiger partial charge >= 0.3 is 6.18 Å². The van der Waals surface area contributed by atoms with Gasteiger partial charge in [0.15, 0.2) is 0 Å². The third kappa shape index (κ3) is 3.13. The number of rotatable bonds is 4. The number of hydrogen-bond acceptors (Lipinski definition) is 2. The molecule has 1 aromatic carbocycles. The van der Waals surface area contributed by atoms with Crippen LogP contribution in [0.3, 0.4) is 0 Å². The second kappa shape index (κ2) is 5.21. The van der Waals surface area contributed by atoms with E-state index in [1.807, 2.05) is 6.92 Å². The van der Waals surface area contributed by atoms with Crippen molar-refractivity contribution in [1.82, 2.24) is 5.32 Å². The van der Waals surface area contributed by atoms with E-state index in [9.17, 15) is 13.2 Å². The molecule has 0 amide bonds. The van der Waals surface area contributed by atoms with E-state index in [0.29, 0.717) is 18.7 Å². The second-order valence-corrected chi connectivity index (χ2v) is 3.31. The summed E-state index contributed by atoms with van der Waals surface area (Å²) in [5, 5.41) is 2.97. The third-order valence-corrected chi connectivity index (χ3v) is 2.15. The number of ether oxygens (including phenoxy) is 1. The Morgan fingerprint density at radius 2 is 2.00 bits per heavy atom. The van der Waals surface area contributed by atoms with Crippen molar-refractivity contribution in [1.29, 1.82) is 0 Å². The van der Waals surface area contributed by atoms with Crippen LogP contribution in [0.15, 0.2) is 18.2 Å². The lowest BCUT2D eigenvalue weighted by Crippen LogP contribution is -2.13. The molecule has 90 valence electrons. The van der Waals surface area contributed by atoms with E-state index in [2.05, 4.69) is 5.32 Å². The molecule has 0 atom stereocenters. The van der Waals surface area contributed by atoms with E-state index in [4.69, 9.17) is 4.74 Å². The first-order chi connectivity index (χ1) is 7.49. The number of hydrogen-bond donors (Lipinski definition) is 1. The number of methoxy groups -OCH3 is 1. The van der Waals surface area contributed by atoms with Gasteiger partial charge in [0.2, 0.25) is 0 Å². The summed E-state index contributed by atoms with van der Waals surface area (Å²) in [5.41, 5.74) is -0.139. The maximum atomic E-state index is 12.6. The van der Waals surface area contributed by atoms with Gasteiger partial charge < -0.3 is 10.1 Å². The van der Waals surface area contributed by atoms with E-state index in [-0.39, 0.29) is 5.75 Å². The molecule has 0 aliphatic rings. The Kier molecular flexibility index (Phi) is 4.18. The second-order valence-electron chi connectivity index (χ2n) is 3.31. The Hall–Kier alpha value is -1.23. The van der Waals surface area contributed by atoms with Crippen LogP contribution in [0, 0.1) is 0 Å². The molecule has 0 radical (unpaired) electrons. The summed E-state index contributed by atoms with van der Waals surface area (Å²) in [5.74, 6) is -0.146. The van der Waals surface area contributed by atoms with Gasteiger partial charge in [-0.25, -0.2) is 0 Å². The third-order valence-electron chi connectivity index (χ3n) is 2.15. The minimum absolute atomic E-state index is 0.146. The summed E-state index contributed by atoms with van der Waals surface area (Å²) >= 11 is 0. The van der Waals surface area contributed by atoms with Crippen LogP contribution in [0.1, 0.15) is 18.1 Å². The molecule has 1 aromatic rings. The Bertz CT molecular complexity index is 350. The van der Waals surface area contributed by atoms with Gasteiger partial charge in [-0.15, -0.1) is 0 Å². The average molecular weight is 233 g/mol. The Morgan fingerprint density at radius 1 is 1.31 bits per heavy atom. The van der Waals surface area contributed by atoms with Gasteiger partial charge in [0, 0.05) is 6.54 Å². The molecular weight excluding hydrogens is 219 g/mol. The molecule has 5 heteroatoms. The lowest BCUT2D eigenvalue weighted by Gasteiger charge is -2.13. The highest BCUT2D eigenvalue weighted by Crippen LogP contribution is 2.36. The summed E-state index contributed by atoms with van der Waals surface area (Å²) in [6.45, 7) is 3.03. The van der Waals surface area contributed by atoms with Crippen molar-refractivity contribution in [2.45, 2.75) is 19.6 Å². The van der Waals surface area contributed by atoms with Gasteiger partial charge in [-0.3, -0.25) is 0 Å². The highest BCUT2D eigenvalue weighted by atomic mass is 19.4. The predicted molar refractivity (Wildman–Crippen MR) is 55.4 cm³/mol. The number of benzene rings is 1. The van der Waals surface area contributed by atoms with E-state index < -0.39 is 11.7 Å². The molecule has 1 N–H and O–H groups in total. The van der Waals surface area contributed by atoms with Crippen LogP contribution in [0.5, 0.6) is 5.75 Å². The molecule has 0 aliphatic carbocycles. The SMILES string of the molecule is CCNCc1ccc(OC)c(C(F)(F)F)c1. The summed E-state index contributed by atoms with van der Waals surface area (Å²) in [7, 11) is 1.23. The summed E-state index contributed by atoms with van der Waals surface area (Å²) < 4.78 is 42.6. The molecule has 1 rings (SSSR count). The summed E-state index contributed by atoms with van der Waals surface area (Å²) in [4.78, 5) is 0. The molecule has 0 fully saturated rings. The van der Waals surface area contributed by atoms with E-state index in [1.54, 1.807) is 6.07 Å². The lowest BCUT2D eigenvalue weighted by molar-refractivity contribution is -0.138. The Labute approximate surface area is 92.4 Å². The summed E-state index contributed by atoms with van der Waals surface area (Å²) in [6.07, 6.45) is -4.38. The van der Waals surface area contributed by atoms with Gasteiger partial charge in [0.1, 0.15) is 5.75 Å². The molecule has 0 spiro atoms. The van der Waals surface area contributed by atoms with Crippen LogP contribution in [0.4, 0.5) is 13.2 Å². The van der Waals surface area contributed by atoms with Crippen molar-refractivity contribution in [3.63, 3.8) is 0 Å². The van der Waals surface area contributed by atoms with Crippen molar-refractivity contribution < 1.29 is 17.9 Å². The average Bonchev–Trinajstić information content (AvgIpc) is 2.24. The standard InChI is InChI=1S/C11H14F3NO/c1-3-15-7-8-4-5-10(16-2)9(6-8)11(12,13)14/h4-6,15H,3,7H2,1-2H3. The monoisotopic (exact) mass is 233 g/mol. The van der Waals surface area contributed by atoms with Gasteiger partial charge in [-0.05, 0) is 24.2 Å². The van der Waals surface area contributed by atoms with Crippen LogP contribution >= 0.6 is 0 Å². The topological polar surface area (TPSA) is 21.3 Å². The minimum Gasteiger partial charge on any atom is -0.496 e. The zero-order chi connectivity index (χ0) is 12.2. The first kappa shape index (κ1) is 12.8. The van der Waals surface area contributed by atoms with Crippen LogP contribution < -0.4 is 10.1 Å². The van der Waals surface area contributed by atoms with Crippen molar-refractivity contribution in [2.24, 2.45) is 0 Å². The fourth-order valence-corrected chi connectivity index (χ4v) is 1.36. The fraction of sp³-hybridized carbons (Fsp3) is 0.455. The summed E-state index contributed by atoms with van der Waals surface area (Å²) in [6, 6.07) is 4.08. The molecular formula is C11H14F3NO. The first-order valence-corrected chi connectivity index (χ1v) is 4.94. The zero-order valence-electron chi connectivity index (χ0n) is 9.19. The molecule has 0 saturated heterocycles. The largest absolute Gasteiger partial charge is 0.496 e. The predicted octanol–water partition coefficient (Wildman–Crippen LogP) is 2.82. The highest BCUT2D eigenvalue weighted by Gasteiger charge is 2.34. The molecule has 0 heterocycles. The van der Waals surface area contributed by atoms with Crippen LogP contribution in [-0.2, 0) is 12.7 Å². The number of nitrogens with one attached hydrogen (secondary N) is 1.